The highest BCUT2D eigenvalue weighted by atomic mass is 16.2. The Bertz CT molecular complexity index is 1800. The van der Waals surface area contributed by atoms with E-state index in [0.29, 0.717) is 17.8 Å². The molecule has 0 radical (unpaired) electrons. The van der Waals surface area contributed by atoms with Crippen LogP contribution in [0.5, 0.6) is 0 Å². The second-order valence-electron chi connectivity index (χ2n) is 10.6. The molecule has 1 atom stereocenters. The monoisotopic (exact) mass is 583 g/mol. The van der Waals surface area contributed by atoms with Crippen LogP contribution in [0.25, 0.3) is 0 Å². The molecule has 0 aliphatic carbocycles. The van der Waals surface area contributed by atoms with E-state index < -0.39 is 6.04 Å². The zero-order valence-corrected chi connectivity index (χ0v) is 24.8. The molecular formula is C41H33N3O. The van der Waals surface area contributed by atoms with Crippen LogP contribution in [0, 0.1) is 0 Å². The van der Waals surface area contributed by atoms with Gasteiger partial charge in [-0.1, -0.05) is 164 Å². The van der Waals surface area contributed by atoms with Gasteiger partial charge in [0.05, 0.1) is 22.8 Å². The second kappa shape index (κ2) is 14.5. The topological polar surface area (TPSA) is 53.8 Å². The number of benzene rings is 6. The lowest BCUT2D eigenvalue weighted by molar-refractivity contribution is -0.117. The fourth-order valence-corrected chi connectivity index (χ4v) is 5.20. The maximum Gasteiger partial charge on any atom is 0.249 e. The van der Waals surface area contributed by atoms with Crippen molar-refractivity contribution in [1.29, 1.82) is 0 Å². The average Bonchev–Trinajstić information content (AvgIpc) is 3.11. The zero-order valence-electron chi connectivity index (χ0n) is 24.8. The third-order valence-electron chi connectivity index (χ3n) is 7.44. The van der Waals surface area contributed by atoms with Crippen molar-refractivity contribution >= 4 is 28.7 Å². The Balaban J connectivity index is 1.40. The fourth-order valence-electron chi connectivity index (χ4n) is 5.20. The minimum atomic E-state index is -0.692. The molecule has 0 saturated heterocycles. The molecule has 6 rings (SSSR count). The van der Waals surface area contributed by atoms with Gasteiger partial charge in [0.15, 0.2) is 0 Å². The van der Waals surface area contributed by atoms with Crippen molar-refractivity contribution in [3.63, 3.8) is 0 Å². The summed E-state index contributed by atoms with van der Waals surface area (Å²) >= 11 is 0. The van der Waals surface area contributed by atoms with Crippen LogP contribution >= 0.6 is 0 Å². The molecule has 6 aromatic carbocycles. The van der Waals surface area contributed by atoms with Crippen LogP contribution in [-0.2, 0) is 11.2 Å². The summed E-state index contributed by atoms with van der Waals surface area (Å²) in [4.78, 5) is 24.5. The molecule has 0 aromatic heterocycles. The zero-order chi connectivity index (χ0) is 30.7. The van der Waals surface area contributed by atoms with E-state index in [2.05, 4.69) is 5.32 Å². The van der Waals surface area contributed by atoms with E-state index in [1.54, 1.807) is 0 Å². The van der Waals surface area contributed by atoms with Gasteiger partial charge in [-0.05, 0) is 17.7 Å². The Morgan fingerprint density at radius 2 is 0.889 bits per heavy atom. The van der Waals surface area contributed by atoms with Crippen molar-refractivity contribution < 1.29 is 4.79 Å². The number of hydrogen-bond acceptors (Lipinski definition) is 3. The number of carbonyl (C=O) groups excluding carboxylic acids is 1. The molecule has 4 nitrogen and oxygen atoms in total. The Kier molecular flexibility index (Phi) is 9.44. The first-order chi connectivity index (χ1) is 22.2. The maximum absolute atomic E-state index is 14.2. The molecule has 0 fully saturated rings. The second-order valence-corrected chi connectivity index (χ2v) is 10.6. The van der Waals surface area contributed by atoms with Gasteiger partial charge in [0.1, 0.15) is 6.04 Å². The van der Waals surface area contributed by atoms with E-state index in [-0.39, 0.29) is 5.91 Å². The SMILES string of the molecule is O=C(Nc1ccccc1N=C(c1ccccc1)c1ccccc1)[C@H](Cc1ccccc1)N=C(c1ccccc1)c1ccccc1. The van der Waals surface area contributed by atoms with Crippen LogP contribution in [0.4, 0.5) is 11.4 Å². The summed E-state index contributed by atoms with van der Waals surface area (Å²) in [6.07, 6.45) is 0.445. The van der Waals surface area contributed by atoms with Gasteiger partial charge < -0.3 is 5.32 Å². The van der Waals surface area contributed by atoms with Gasteiger partial charge in [0.25, 0.3) is 0 Å². The minimum Gasteiger partial charge on any atom is -0.322 e. The number of carbonyl (C=O) groups is 1. The molecule has 0 heterocycles. The van der Waals surface area contributed by atoms with Crippen LogP contribution in [-0.4, -0.2) is 23.4 Å². The van der Waals surface area contributed by atoms with Crippen LogP contribution in [0.2, 0.25) is 0 Å². The van der Waals surface area contributed by atoms with E-state index in [0.717, 1.165) is 39.2 Å². The summed E-state index contributed by atoms with van der Waals surface area (Å²) in [7, 11) is 0. The standard InChI is InChI=1S/C41H33N3O/c45-41(44-37-29-17-16-28-36(37)42-39(32-20-8-2-9-21-32)33-22-10-3-11-23-33)38(30-31-18-6-1-7-19-31)43-40(34-24-12-4-13-25-34)35-26-14-5-15-27-35/h1-29,38H,30H2,(H,44,45)/t38-/m0/s1. The number of anilines is 1. The number of amides is 1. The minimum absolute atomic E-state index is 0.202. The van der Waals surface area contributed by atoms with Crippen molar-refractivity contribution in [1.82, 2.24) is 0 Å². The molecule has 6 aromatic rings. The van der Waals surface area contributed by atoms with Gasteiger partial charge in [-0.3, -0.25) is 9.79 Å². The highest BCUT2D eigenvalue weighted by Gasteiger charge is 2.22. The molecule has 1 N–H and O–H groups in total. The number of hydrogen-bond donors (Lipinski definition) is 1. The first-order valence-corrected chi connectivity index (χ1v) is 15.1. The molecule has 1 amide bonds. The average molecular weight is 584 g/mol. The van der Waals surface area contributed by atoms with Gasteiger partial charge >= 0.3 is 0 Å². The summed E-state index contributed by atoms with van der Waals surface area (Å²) in [5.74, 6) is -0.202. The molecule has 0 spiro atoms. The Hall–Kier alpha value is -5.87. The third kappa shape index (κ3) is 7.56. The van der Waals surface area contributed by atoms with Gasteiger partial charge in [0, 0.05) is 28.7 Å². The number of para-hydroxylation sites is 2. The molecule has 45 heavy (non-hydrogen) atoms. The summed E-state index contributed by atoms with van der Waals surface area (Å²) < 4.78 is 0. The third-order valence-corrected chi connectivity index (χ3v) is 7.44. The van der Waals surface area contributed by atoms with E-state index in [1.807, 2.05) is 176 Å². The predicted molar refractivity (Wildman–Crippen MR) is 186 cm³/mol. The molecule has 0 aliphatic heterocycles. The molecule has 4 heteroatoms. The number of aliphatic imine (C=N–C) groups is 2. The Morgan fingerprint density at radius 1 is 0.489 bits per heavy atom. The summed E-state index contributed by atoms with van der Waals surface area (Å²) in [5.41, 5.74) is 7.82. The smallest absolute Gasteiger partial charge is 0.249 e. The normalized spacial score (nSPS) is 11.2. The lowest BCUT2D eigenvalue weighted by atomic mass is 10.00. The number of rotatable bonds is 10. The van der Waals surface area contributed by atoms with E-state index >= 15 is 0 Å². The van der Waals surface area contributed by atoms with Crippen molar-refractivity contribution in [3.8, 4) is 0 Å². The highest BCUT2D eigenvalue weighted by molar-refractivity contribution is 6.15. The molecule has 218 valence electrons. The van der Waals surface area contributed by atoms with Crippen molar-refractivity contribution in [2.24, 2.45) is 9.98 Å². The van der Waals surface area contributed by atoms with E-state index in [1.165, 1.54) is 0 Å². The molecule has 0 bridgehead atoms. The van der Waals surface area contributed by atoms with Crippen LogP contribution in [0.3, 0.4) is 0 Å². The van der Waals surface area contributed by atoms with Gasteiger partial charge in [-0.25, -0.2) is 4.99 Å². The van der Waals surface area contributed by atoms with Gasteiger partial charge in [0.2, 0.25) is 5.91 Å². The van der Waals surface area contributed by atoms with Gasteiger partial charge in [-0.15, -0.1) is 0 Å². The fraction of sp³-hybridized carbons (Fsp3) is 0.0488. The predicted octanol–water partition coefficient (Wildman–Crippen LogP) is 8.94. The first kappa shape index (κ1) is 29.2. The molecular weight excluding hydrogens is 550 g/mol. The number of nitrogens with one attached hydrogen (secondary N) is 1. The highest BCUT2D eigenvalue weighted by Crippen LogP contribution is 2.28. The van der Waals surface area contributed by atoms with E-state index in [9.17, 15) is 4.79 Å². The largest absolute Gasteiger partial charge is 0.322 e. The Labute approximate surface area is 264 Å². The number of nitrogens with zero attached hydrogens (tertiary/aromatic N) is 2. The molecule has 0 aliphatic rings. The Morgan fingerprint density at radius 3 is 1.38 bits per heavy atom. The van der Waals surface area contributed by atoms with Crippen molar-refractivity contribution in [3.05, 3.63) is 204 Å². The maximum atomic E-state index is 14.2. The van der Waals surface area contributed by atoms with E-state index in [4.69, 9.17) is 9.98 Å². The quantitative estimate of drug-likeness (QED) is 0.161. The lowest BCUT2D eigenvalue weighted by Crippen LogP contribution is -2.30. The van der Waals surface area contributed by atoms with Crippen LogP contribution in [0.1, 0.15) is 27.8 Å². The molecule has 0 saturated carbocycles. The summed E-state index contributed by atoms with van der Waals surface area (Å²) in [6, 6.07) is 57.2. The molecule has 0 unspecified atom stereocenters. The van der Waals surface area contributed by atoms with Crippen LogP contribution in [0.15, 0.2) is 186 Å². The lowest BCUT2D eigenvalue weighted by Gasteiger charge is -2.18. The van der Waals surface area contributed by atoms with Crippen molar-refractivity contribution in [2.45, 2.75) is 12.5 Å². The first-order valence-electron chi connectivity index (χ1n) is 15.1. The van der Waals surface area contributed by atoms with Crippen LogP contribution < -0.4 is 5.32 Å². The summed E-state index contributed by atoms with van der Waals surface area (Å²) in [5, 5.41) is 3.19. The summed E-state index contributed by atoms with van der Waals surface area (Å²) in [6.45, 7) is 0. The van der Waals surface area contributed by atoms with Crippen molar-refractivity contribution in [2.75, 3.05) is 5.32 Å². The van der Waals surface area contributed by atoms with Gasteiger partial charge in [-0.2, -0.15) is 0 Å².